The monoisotopic (exact) mass is 215 g/mol. The van der Waals surface area contributed by atoms with E-state index < -0.39 is 0 Å². The van der Waals surface area contributed by atoms with E-state index in [2.05, 4.69) is 36.1 Å². The summed E-state index contributed by atoms with van der Waals surface area (Å²) >= 11 is 0. The van der Waals surface area contributed by atoms with Gasteiger partial charge in [0.2, 0.25) is 0 Å². The molecule has 1 unspecified atom stereocenters. The van der Waals surface area contributed by atoms with Crippen LogP contribution in [-0.4, -0.2) is 18.0 Å². The van der Waals surface area contributed by atoms with Gasteiger partial charge in [-0.25, -0.2) is 0 Å². The van der Waals surface area contributed by atoms with Crippen LogP contribution in [0.1, 0.15) is 43.4 Å². The Bertz CT molecular complexity index is 363. The van der Waals surface area contributed by atoms with Crippen LogP contribution < -0.4 is 0 Å². The van der Waals surface area contributed by atoms with Crippen LogP contribution in [0, 0.1) is 5.92 Å². The van der Waals surface area contributed by atoms with Crippen molar-refractivity contribution in [1.82, 2.24) is 4.90 Å². The lowest BCUT2D eigenvalue weighted by atomic mass is 9.80. The molecule has 0 radical (unpaired) electrons. The summed E-state index contributed by atoms with van der Waals surface area (Å²) in [5.74, 6) is 1.00. The Morgan fingerprint density at radius 1 is 1.25 bits per heavy atom. The molecular formula is C15H21N. The predicted octanol–water partition coefficient (Wildman–Crippen LogP) is 3.41. The lowest BCUT2D eigenvalue weighted by molar-refractivity contribution is 0.0490. The Hall–Kier alpha value is -0.820. The van der Waals surface area contributed by atoms with Crippen molar-refractivity contribution in [1.29, 1.82) is 0 Å². The molecule has 3 fully saturated rings. The van der Waals surface area contributed by atoms with Gasteiger partial charge < -0.3 is 0 Å². The molecule has 3 heterocycles. The Morgan fingerprint density at radius 3 is 2.69 bits per heavy atom. The van der Waals surface area contributed by atoms with Gasteiger partial charge in [-0.15, -0.1) is 0 Å². The summed E-state index contributed by atoms with van der Waals surface area (Å²) < 4.78 is 0. The van der Waals surface area contributed by atoms with Crippen LogP contribution in [0.25, 0.3) is 0 Å². The quantitative estimate of drug-likeness (QED) is 0.731. The highest BCUT2D eigenvalue weighted by Gasteiger charge is 2.34. The van der Waals surface area contributed by atoms with Gasteiger partial charge in [0.05, 0.1) is 0 Å². The predicted molar refractivity (Wildman–Crippen MR) is 67.5 cm³/mol. The highest BCUT2D eigenvalue weighted by molar-refractivity contribution is 5.27. The summed E-state index contributed by atoms with van der Waals surface area (Å²) in [5.41, 5.74) is 3.05. The van der Waals surface area contributed by atoms with E-state index in [1.807, 2.05) is 0 Å². The van der Waals surface area contributed by atoms with Gasteiger partial charge >= 0.3 is 0 Å². The topological polar surface area (TPSA) is 3.24 Å². The van der Waals surface area contributed by atoms with Crippen LogP contribution >= 0.6 is 0 Å². The standard InChI is InChI=1S/C15H21N/c1-2-12-4-3-5-14(10-12)15-11-13-6-8-16(15)9-7-13/h3-5,10,13,15H,2,6-9,11H2,1H3. The molecule has 4 rings (SSSR count). The van der Waals surface area contributed by atoms with Crippen LogP contribution in [0.3, 0.4) is 0 Å². The van der Waals surface area contributed by atoms with Gasteiger partial charge in [0.1, 0.15) is 0 Å². The van der Waals surface area contributed by atoms with Crippen LogP contribution in [0.15, 0.2) is 24.3 Å². The second kappa shape index (κ2) is 4.21. The molecule has 1 atom stereocenters. The summed E-state index contributed by atoms with van der Waals surface area (Å²) in [6, 6.07) is 9.95. The minimum Gasteiger partial charge on any atom is -0.296 e. The number of piperidine rings is 3. The molecule has 1 aromatic rings. The lowest BCUT2D eigenvalue weighted by Crippen LogP contribution is -2.43. The Kier molecular flexibility index (Phi) is 2.72. The summed E-state index contributed by atoms with van der Waals surface area (Å²) in [4.78, 5) is 2.69. The van der Waals surface area contributed by atoms with Gasteiger partial charge in [0.15, 0.2) is 0 Å². The molecule has 0 N–H and O–H groups in total. The van der Waals surface area contributed by atoms with Crippen molar-refractivity contribution in [2.45, 2.75) is 38.6 Å². The molecule has 3 aliphatic rings. The summed E-state index contributed by atoms with van der Waals surface area (Å²) in [6.07, 6.45) is 5.42. The SMILES string of the molecule is CCc1cccc(C2CC3CCN2CC3)c1. The maximum absolute atomic E-state index is 2.69. The Morgan fingerprint density at radius 2 is 2.06 bits per heavy atom. The van der Waals surface area contributed by atoms with Crippen molar-refractivity contribution in [3.05, 3.63) is 35.4 Å². The van der Waals surface area contributed by atoms with E-state index in [9.17, 15) is 0 Å². The molecule has 16 heavy (non-hydrogen) atoms. The first-order valence-corrected chi connectivity index (χ1v) is 6.69. The van der Waals surface area contributed by atoms with Crippen LogP contribution in [0.4, 0.5) is 0 Å². The molecule has 1 nitrogen and oxygen atoms in total. The largest absolute Gasteiger partial charge is 0.296 e. The van der Waals surface area contributed by atoms with E-state index in [1.54, 1.807) is 5.56 Å². The third-order valence-electron chi connectivity index (χ3n) is 4.39. The summed E-state index contributed by atoms with van der Waals surface area (Å²) in [5, 5.41) is 0. The van der Waals surface area contributed by atoms with Gasteiger partial charge in [-0.1, -0.05) is 31.2 Å². The summed E-state index contributed by atoms with van der Waals surface area (Å²) in [6.45, 7) is 4.89. The first-order valence-electron chi connectivity index (χ1n) is 6.69. The molecule has 0 saturated carbocycles. The van der Waals surface area contributed by atoms with Crippen molar-refractivity contribution < 1.29 is 0 Å². The maximum atomic E-state index is 2.69. The minimum absolute atomic E-state index is 0.721. The minimum atomic E-state index is 0.721. The maximum Gasteiger partial charge on any atom is 0.0350 e. The van der Waals surface area contributed by atoms with Gasteiger partial charge in [-0.3, -0.25) is 4.90 Å². The molecular weight excluding hydrogens is 194 g/mol. The molecule has 1 heteroatoms. The molecule has 3 aliphatic heterocycles. The molecule has 2 bridgehead atoms. The van der Waals surface area contributed by atoms with Crippen molar-refractivity contribution in [2.75, 3.05) is 13.1 Å². The molecule has 1 aromatic carbocycles. The highest BCUT2D eigenvalue weighted by Crippen LogP contribution is 2.40. The van der Waals surface area contributed by atoms with E-state index in [-0.39, 0.29) is 0 Å². The average molecular weight is 215 g/mol. The van der Waals surface area contributed by atoms with E-state index in [0.717, 1.165) is 18.4 Å². The van der Waals surface area contributed by atoms with Crippen molar-refractivity contribution in [3.8, 4) is 0 Å². The molecule has 0 aliphatic carbocycles. The van der Waals surface area contributed by atoms with Gasteiger partial charge in [-0.05, 0) is 55.8 Å². The number of benzene rings is 1. The molecule has 0 aromatic heterocycles. The van der Waals surface area contributed by atoms with Crippen molar-refractivity contribution in [2.24, 2.45) is 5.92 Å². The van der Waals surface area contributed by atoms with Crippen molar-refractivity contribution in [3.63, 3.8) is 0 Å². The normalized spacial score (nSPS) is 32.9. The van der Waals surface area contributed by atoms with E-state index in [4.69, 9.17) is 0 Å². The summed E-state index contributed by atoms with van der Waals surface area (Å²) in [7, 11) is 0. The van der Waals surface area contributed by atoms with Crippen LogP contribution in [0.5, 0.6) is 0 Å². The zero-order chi connectivity index (χ0) is 11.0. The lowest BCUT2D eigenvalue weighted by Gasteiger charge is -2.45. The molecule has 0 amide bonds. The van der Waals surface area contributed by atoms with E-state index in [0.29, 0.717) is 0 Å². The zero-order valence-electron chi connectivity index (χ0n) is 10.2. The van der Waals surface area contributed by atoms with Gasteiger partial charge in [-0.2, -0.15) is 0 Å². The average Bonchev–Trinajstić information content (AvgIpc) is 2.40. The first kappa shape index (κ1) is 10.3. The third kappa shape index (κ3) is 1.78. The number of nitrogens with zero attached hydrogens (tertiary/aromatic N) is 1. The number of aryl methyl sites for hydroxylation is 1. The van der Waals surface area contributed by atoms with Crippen molar-refractivity contribution >= 4 is 0 Å². The fraction of sp³-hybridized carbons (Fsp3) is 0.600. The second-order valence-electron chi connectivity index (χ2n) is 5.33. The van der Waals surface area contributed by atoms with Gasteiger partial charge in [0.25, 0.3) is 0 Å². The third-order valence-corrected chi connectivity index (χ3v) is 4.39. The number of rotatable bonds is 2. The van der Waals surface area contributed by atoms with Gasteiger partial charge in [0, 0.05) is 6.04 Å². The molecule has 86 valence electrons. The van der Waals surface area contributed by atoms with Crippen LogP contribution in [0.2, 0.25) is 0 Å². The van der Waals surface area contributed by atoms with Crippen LogP contribution in [-0.2, 0) is 6.42 Å². The van der Waals surface area contributed by atoms with E-state index >= 15 is 0 Å². The fourth-order valence-corrected chi connectivity index (χ4v) is 3.33. The smallest absolute Gasteiger partial charge is 0.0350 e. The van der Waals surface area contributed by atoms with E-state index in [1.165, 1.54) is 37.9 Å². The zero-order valence-corrected chi connectivity index (χ0v) is 10.2. The Balaban J connectivity index is 1.86. The number of fused-ring (bicyclic) bond motifs is 3. The second-order valence-corrected chi connectivity index (χ2v) is 5.33. The first-order chi connectivity index (χ1) is 7.86. The fourth-order valence-electron chi connectivity index (χ4n) is 3.33. The number of hydrogen-bond donors (Lipinski definition) is 0. The molecule has 0 spiro atoms. The highest BCUT2D eigenvalue weighted by atomic mass is 15.2. The number of hydrogen-bond acceptors (Lipinski definition) is 1. The molecule has 3 saturated heterocycles. The Labute approximate surface area is 98.5 Å².